The lowest BCUT2D eigenvalue weighted by Crippen LogP contribution is -2.02. The molecule has 2 nitrogen and oxygen atoms in total. The molecule has 0 aliphatic rings. The number of aromatic amines is 1. The molecule has 0 aliphatic heterocycles. The zero-order chi connectivity index (χ0) is 13.4. The van der Waals surface area contributed by atoms with Gasteiger partial charge < -0.3 is 10.1 Å². The van der Waals surface area contributed by atoms with Gasteiger partial charge in [0.05, 0.1) is 0 Å². The van der Waals surface area contributed by atoms with Crippen molar-refractivity contribution in [1.82, 2.24) is 4.98 Å². The molecular weight excluding hydrogens is 248 g/mol. The first-order valence-electron chi connectivity index (χ1n) is 5.85. The summed E-state index contributed by atoms with van der Waals surface area (Å²) in [7, 11) is 0. The molecule has 0 saturated heterocycles. The van der Waals surface area contributed by atoms with Crippen LogP contribution in [0.15, 0.2) is 48.7 Å². The molecule has 0 bridgehead atoms. The number of halogens is 2. The van der Waals surface area contributed by atoms with Gasteiger partial charge in [-0.25, -0.2) is 8.78 Å². The summed E-state index contributed by atoms with van der Waals surface area (Å²) in [6.07, 6.45) is 0.680. The number of benzene rings is 2. The van der Waals surface area contributed by atoms with Crippen molar-refractivity contribution in [2.75, 3.05) is 0 Å². The lowest BCUT2D eigenvalue weighted by atomic mass is 10.00. The molecule has 1 atom stereocenters. The Kier molecular flexibility index (Phi) is 2.80. The molecule has 4 heteroatoms. The van der Waals surface area contributed by atoms with E-state index < -0.39 is 17.7 Å². The molecule has 1 aromatic heterocycles. The van der Waals surface area contributed by atoms with Crippen molar-refractivity contribution < 1.29 is 13.9 Å². The molecule has 1 heterocycles. The summed E-state index contributed by atoms with van der Waals surface area (Å²) in [4.78, 5) is 3.04. The molecule has 3 aromatic rings. The Morgan fingerprint density at radius 3 is 2.63 bits per heavy atom. The zero-order valence-electron chi connectivity index (χ0n) is 9.90. The Labute approximate surface area is 108 Å². The Morgan fingerprint density at radius 1 is 1.00 bits per heavy atom. The SMILES string of the molecule is OC(c1ccc2[nH]ccc2c1)c1ccc(F)cc1F. The van der Waals surface area contributed by atoms with Gasteiger partial charge in [0.1, 0.15) is 17.7 Å². The number of H-pyrrole nitrogens is 1. The molecular formula is C15H11F2NO. The van der Waals surface area contributed by atoms with E-state index in [1.807, 2.05) is 12.1 Å². The van der Waals surface area contributed by atoms with E-state index in [0.29, 0.717) is 5.56 Å². The predicted octanol–water partition coefficient (Wildman–Crippen LogP) is 3.53. The van der Waals surface area contributed by atoms with Crippen molar-refractivity contribution in [3.63, 3.8) is 0 Å². The van der Waals surface area contributed by atoms with Gasteiger partial charge in [-0.05, 0) is 35.2 Å². The van der Waals surface area contributed by atoms with Crippen LogP contribution in [-0.2, 0) is 0 Å². The summed E-state index contributed by atoms with van der Waals surface area (Å²) in [5.74, 6) is -1.41. The number of aromatic nitrogens is 1. The van der Waals surface area contributed by atoms with Crippen LogP contribution in [0.3, 0.4) is 0 Å². The van der Waals surface area contributed by atoms with E-state index >= 15 is 0 Å². The average Bonchev–Trinajstić information content (AvgIpc) is 2.85. The maximum Gasteiger partial charge on any atom is 0.132 e. The molecule has 0 saturated carbocycles. The first kappa shape index (κ1) is 11.9. The molecule has 96 valence electrons. The van der Waals surface area contributed by atoms with Gasteiger partial charge in [-0.1, -0.05) is 12.1 Å². The van der Waals surface area contributed by atoms with Crippen molar-refractivity contribution in [2.24, 2.45) is 0 Å². The number of hydrogen-bond acceptors (Lipinski definition) is 1. The lowest BCUT2D eigenvalue weighted by molar-refractivity contribution is 0.215. The second-order valence-corrected chi connectivity index (χ2v) is 4.39. The van der Waals surface area contributed by atoms with Crippen molar-refractivity contribution in [3.05, 3.63) is 71.4 Å². The first-order valence-corrected chi connectivity index (χ1v) is 5.85. The van der Waals surface area contributed by atoms with Gasteiger partial charge in [-0.15, -0.1) is 0 Å². The van der Waals surface area contributed by atoms with E-state index in [4.69, 9.17) is 0 Å². The lowest BCUT2D eigenvalue weighted by Gasteiger charge is -2.12. The van der Waals surface area contributed by atoms with E-state index in [-0.39, 0.29) is 5.56 Å². The number of aliphatic hydroxyl groups is 1. The van der Waals surface area contributed by atoms with E-state index in [1.165, 1.54) is 6.07 Å². The van der Waals surface area contributed by atoms with Crippen LogP contribution in [0.5, 0.6) is 0 Å². The number of rotatable bonds is 2. The summed E-state index contributed by atoms with van der Waals surface area (Å²) in [6.45, 7) is 0. The van der Waals surface area contributed by atoms with E-state index in [9.17, 15) is 13.9 Å². The van der Waals surface area contributed by atoms with Gasteiger partial charge in [-0.3, -0.25) is 0 Å². The normalized spacial score (nSPS) is 12.8. The van der Waals surface area contributed by atoms with Gasteiger partial charge in [0, 0.05) is 23.3 Å². The highest BCUT2D eigenvalue weighted by Crippen LogP contribution is 2.27. The fourth-order valence-corrected chi connectivity index (χ4v) is 2.14. The topological polar surface area (TPSA) is 36.0 Å². The van der Waals surface area contributed by atoms with Crippen molar-refractivity contribution in [1.29, 1.82) is 0 Å². The van der Waals surface area contributed by atoms with Crippen LogP contribution in [0.4, 0.5) is 8.78 Å². The monoisotopic (exact) mass is 259 g/mol. The Hall–Kier alpha value is -2.20. The number of nitrogens with one attached hydrogen (secondary N) is 1. The minimum Gasteiger partial charge on any atom is -0.384 e. The van der Waals surface area contributed by atoms with Crippen LogP contribution >= 0.6 is 0 Å². The van der Waals surface area contributed by atoms with E-state index in [0.717, 1.165) is 23.0 Å². The molecule has 3 rings (SSSR count). The second kappa shape index (κ2) is 4.48. The maximum atomic E-state index is 13.6. The van der Waals surface area contributed by atoms with Crippen LogP contribution in [-0.4, -0.2) is 10.1 Å². The summed E-state index contributed by atoms with van der Waals surface area (Å²) >= 11 is 0. The minimum absolute atomic E-state index is 0.0660. The van der Waals surface area contributed by atoms with Gasteiger partial charge >= 0.3 is 0 Å². The smallest absolute Gasteiger partial charge is 0.132 e. The molecule has 1 unspecified atom stereocenters. The highest BCUT2D eigenvalue weighted by molar-refractivity contribution is 5.80. The standard InChI is InChI=1S/C15H11F2NO/c16-11-2-3-12(13(17)8-11)15(19)10-1-4-14-9(7-10)5-6-18-14/h1-8,15,18-19H. The van der Waals surface area contributed by atoms with Crippen LogP contribution in [0.1, 0.15) is 17.2 Å². The largest absolute Gasteiger partial charge is 0.384 e. The van der Waals surface area contributed by atoms with Crippen LogP contribution in [0.2, 0.25) is 0 Å². The zero-order valence-corrected chi connectivity index (χ0v) is 9.90. The van der Waals surface area contributed by atoms with Crippen molar-refractivity contribution in [2.45, 2.75) is 6.10 Å². The fraction of sp³-hybridized carbons (Fsp3) is 0.0667. The van der Waals surface area contributed by atoms with Gasteiger partial charge in [0.15, 0.2) is 0 Å². The third-order valence-electron chi connectivity index (χ3n) is 3.15. The fourth-order valence-electron chi connectivity index (χ4n) is 2.14. The molecule has 2 aromatic carbocycles. The predicted molar refractivity (Wildman–Crippen MR) is 68.7 cm³/mol. The number of fused-ring (bicyclic) bond motifs is 1. The molecule has 0 amide bonds. The summed E-state index contributed by atoms with van der Waals surface area (Å²) < 4.78 is 26.5. The number of aliphatic hydroxyl groups excluding tert-OH is 1. The molecule has 0 spiro atoms. The van der Waals surface area contributed by atoms with Crippen molar-refractivity contribution >= 4 is 10.9 Å². The molecule has 0 fully saturated rings. The van der Waals surface area contributed by atoms with Crippen LogP contribution in [0, 0.1) is 11.6 Å². The first-order chi connectivity index (χ1) is 9.15. The highest BCUT2D eigenvalue weighted by Gasteiger charge is 2.16. The molecule has 19 heavy (non-hydrogen) atoms. The van der Waals surface area contributed by atoms with E-state index in [1.54, 1.807) is 18.3 Å². The number of hydrogen-bond donors (Lipinski definition) is 2. The average molecular weight is 259 g/mol. The van der Waals surface area contributed by atoms with E-state index in [2.05, 4.69) is 4.98 Å². The quantitative estimate of drug-likeness (QED) is 0.725. The van der Waals surface area contributed by atoms with Crippen LogP contribution < -0.4 is 0 Å². The molecule has 0 aliphatic carbocycles. The highest BCUT2D eigenvalue weighted by atomic mass is 19.1. The third kappa shape index (κ3) is 2.11. The van der Waals surface area contributed by atoms with Gasteiger partial charge in [-0.2, -0.15) is 0 Å². The van der Waals surface area contributed by atoms with Gasteiger partial charge in [0.2, 0.25) is 0 Å². The Balaban J connectivity index is 2.04. The van der Waals surface area contributed by atoms with Gasteiger partial charge in [0.25, 0.3) is 0 Å². The Morgan fingerprint density at radius 2 is 1.84 bits per heavy atom. The third-order valence-corrected chi connectivity index (χ3v) is 3.15. The second-order valence-electron chi connectivity index (χ2n) is 4.39. The molecule has 2 N–H and O–H groups in total. The van der Waals surface area contributed by atoms with Crippen LogP contribution in [0.25, 0.3) is 10.9 Å². The summed E-state index contributed by atoms with van der Waals surface area (Å²) in [5, 5.41) is 11.1. The summed E-state index contributed by atoms with van der Waals surface area (Å²) in [5.41, 5.74) is 1.57. The minimum atomic E-state index is -1.11. The summed E-state index contributed by atoms with van der Waals surface area (Å²) in [6, 6.07) is 10.3. The Bertz CT molecular complexity index is 736. The molecule has 0 radical (unpaired) electrons. The van der Waals surface area contributed by atoms with Crippen molar-refractivity contribution in [3.8, 4) is 0 Å². The maximum absolute atomic E-state index is 13.6.